The zero-order valence-electron chi connectivity index (χ0n) is 8.68. The molecule has 0 spiro atoms. The Morgan fingerprint density at radius 3 is 2.80 bits per heavy atom. The van der Waals surface area contributed by atoms with Crippen molar-refractivity contribution in [1.82, 2.24) is 10.2 Å². The van der Waals surface area contributed by atoms with Crippen molar-refractivity contribution in [3.63, 3.8) is 0 Å². The molecule has 0 unspecified atom stereocenters. The summed E-state index contributed by atoms with van der Waals surface area (Å²) >= 11 is 1.57. The summed E-state index contributed by atoms with van der Waals surface area (Å²) in [5.74, 6) is 1.35. The van der Waals surface area contributed by atoms with Crippen LogP contribution in [0.3, 0.4) is 0 Å². The van der Waals surface area contributed by atoms with E-state index in [2.05, 4.69) is 10.2 Å². The van der Waals surface area contributed by atoms with E-state index in [0.29, 0.717) is 17.7 Å². The lowest BCUT2D eigenvalue weighted by atomic mass is 10.1. The molecule has 0 saturated carbocycles. The van der Waals surface area contributed by atoms with Crippen LogP contribution >= 0.6 is 11.3 Å². The van der Waals surface area contributed by atoms with Crippen molar-refractivity contribution in [2.45, 2.75) is 19.9 Å². The van der Waals surface area contributed by atoms with Crippen LogP contribution in [0.4, 0.5) is 0 Å². The standard InChI is InChI=1S/C10H13N3OS/c1-6(2)8(11)10-13-12-9(14-10)7-4-3-5-15-7/h3-6,8H,11H2,1-2H3/t8-/m0/s1. The molecule has 4 nitrogen and oxygen atoms in total. The van der Waals surface area contributed by atoms with Crippen molar-refractivity contribution < 1.29 is 4.42 Å². The Kier molecular flexibility index (Phi) is 2.83. The van der Waals surface area contributed by atoms with Gasteiger partial charge in [0.2, 0.25) is 5.89 Å². The summed E-state index contributed by atoms with van der Waals surface area (Å²) in [7, 11) is 0. The number of nitrogens with zero attached hydrogens (tertiary/aromatic N) is 2. The number of aromatic nitrogens is 2. The second-order valence-electron chi connectivity index (χ2n) is 3.69. The molecule has 2 N–H and O–H groups in total. The van der Waals surface area contributed by atoms with Crippen molar-refractivity contribution >= 4 is 11.3 Å². The molecule has 2 aromatic heterocycles. The minimum atomic E-state index is -0.189. The molecule has 2 rings (SSSR count). The Bertz CT molecular complexity index is 422. The van der Waals surface area contributed by atoms with Gasteiger partial charge in [0.15, 0.2) is 0 Å². The average Bonchev–Trinajstić information content (AvgIpc) is 2.86. The monoisotopic (exact) mass is 223 g/mol. The summed E-state index contributed by atoms with van der Waals surface area (Å²) in [5, 5.41) is 9.91. The summed E-state index contributed by atoms with van der Waals surface area (Å²) in [6.07, 6.45) is 0. The van der Waals surface area contributed by atoms with Gasteiger partial charge < -0.3 is 10.2 Å². The Morgan fingerprint density at radius 2 is 2.20 bits per heavy atom. The van der Waals surface area contributed by atoms with Crippen molar-refractivity contribution in [3.8, 4) is 10.8 Å². The molecule has 0 saturated heterocycles. The van der Waals surface area contributed by atoms with Gasteiger partial charge in [0.05, 0.1) is 10.9 Å². The van der Waals surface area contributed by atoms with E-state index < -0.39 is 0 Å². The molecule has 0 fully saturated rings. The molecule has 0 aliphatic heterocycles. The topological polar surface area (TPSA) is 64.9 Å². The number of nitrogens with two attached hydrogens (primary N) is 1. The molecular weight excluding hydrogens is 210 g/mol. The summed E-state index contributed by atoms with van der Waals surface area (Å²) in [6.45, 7) is 4.05. The third-order valence-electron chi connectivity index (χ3n) is 2.18. The molecule has 0 amide bonds. The van der Waals surface area contributed by atoms with Crippen LogP contribution in [0.5, 0.6) is 0 Å². The molecular formula is C10H13N3OS. The number of hydrogen-bond donors (Lipinski definition) is 1. The highest BCUT2D eigenvalue weighted by Gasteiger charge is 2.18. The van der Waals surface area contributed by atoms with E-state index in [9.17, 15) is 0 Å². The summed E-state index contributed by atoms with van der Waals surface area (Å²) in [4.78, 5) is 0.977. The van der Waals surface area contributed by atoms with Crippen molar-refractivity contribution in [3.05, 3.63) is 23.4 Å². The SMILES string of the molecule is CC(C)[C@H](N)c1nnc(-c2cccs2)o1. The molecule has 0 bridgehead atoms. The van der Waals surface area contributed by atoms with Gasteiger partial charge in [0.25, 0.3) is 5.89 Å². The Hall–Kier alpha value is -1.20. The van der Waals surface area contributed by atoms with Crippen molar-refractivity contribution in [1.29, 1.82) is 0 Å². The Balaban J connectivity index is 2.25. The van der Waals surface area contributed by atoms with Gasteiger partial charge >= 0.3 is 0 Å². The normalized spacial score (nSPS) is 13.3. The van der Waals surface area contributed by atoms with E-state index in [1.54, 1.807) is 11.3 Å². The second kappa shape index (κ2) is 4.12. The van der Waals surface area contributed by atoms with E-state index in [1.165, 1.54) is 0 Å². The first kappa shape index (κ1) is 10.3. The van der Waals surface area contributed by atoms with Gasteiger partial charge in [-0.15, -0.1) is 21.5 Å². The number of thiophene rings is 1. The molecule has 2 heterocycles. The number of rotatable bonds is 3. The fourth-order valence-electron chi connectivity index (χ4n) is 1.15. The second-order valence-corrected chi connectivity index (χ2v) is 4.64. The van der Waals surface area contributed by atoms with Crippen LogP contribution < -0.4 is 5.73 Å². The molecule has 5 heteroatoms. The zero-order valence-corrected chi connectivity index (χ0v) is 9.49. The molecule has 2 aromatic rings. The van der Waals surface area contributed by atoms with Crippen molar-refractivity contribution in [2.24, 2.45) is 11.7 Å². The Morgan fingerprint density at radius 1 is 1.40 bits per heavy atom. The third kappa shape index (κ3) is 2.08. The van der Waals surface area contributed by atoms with Crippen LogP contribution in [-0.4, -0.2) is 10.2 Å². The van der Waals surface area contributed by atoms with Crippen LogP contribution in [0.25, 0.3) is 10.8 Å². The smallest absolute Gasteiger partial charge is 0.257 e. The predicted molar refractivity (Wildman–Crippen MR) is 59.4 cm³/mol. The first-order valence-corrected chi connectivity index (χ1v) is 5.69. The lowest BCUT2D eigenvalue weighted by molar-refractivity contribution is 0.394. The largest absolute Gasteiger partial charge is 0.418 e. The van der Waals surface area contributed by atoms with Gasteiger partial charge in [-0.25, -0.2) is 0 Å². The van der Waals surface area contributed by atoms with E-state index in [0.717, 1.165) is 4.88 Å². The Labute approximate surface area is 92.1 Å². The summed E-state index contributed by atoms with van der Waals surface area (Å²) in [5.41, 5.74) is 5.91. The highest BCUT2D eigenvalue weighted by Crippen LogP contribution is 2.25. The van der Waals surface area contributed by atoms with Gasteiger partial charge in [-0.3, -0.25) is 0 Å². The van der Waals surface area contributed by atoms with E-state index in [-0.39, 0.29) is 6.04 Å². The highest BCUT2D eigenvalue weighted by molar-refractivity contribution is 7.13. The van der Waals surface area contributed by atoms with Gasteiger partial charge in [-0.1, -0.05) is 19.9 Å². The molecule has 80 valence electrons. The first-order valence-electron chi connectivity index (χ1n) is 4.81. The van der Waals surface area contributed by atoms with Crippen LogP contribution in [0.1, 0.15) is 25.8 Å². The molecule has 0 aromatic carbocycles. The minimum Gasteiger partial charge on any atom is -0.418 e. The maximum absolute atomic E-state index is 5.91. The fraction of sp³-hybridized carbons (Fsp3) is 0.400. The third-order valence-corrected chi connectivity index (χ3v) is 3.03. The molecule has 0 radical (unpaired) electrons. The first-order chi connectivity index (χ1) is 7.18. The van der Waals surface area contributed by atoms with Crippen LogP contribution in [0.15, 0.2) is 21.9 Å². The number of hydrogen-bond acceptors (Lipinski definition) is 5. The van der Waals surface area contributed by atoms with Crippen LogP contribution in [0, 0.1) is 5.92 Å². The quantitative estimate of drug-likeness (QED) is 0.868. The predicted octanol–water partition coefficient (Wildman–Crippen LogP) is 2.45. The lowest BCUT2D eigenvalue weighted by Gasteiger charge is -2.09. The molecule has 15 heavy (non-hydrogen) atoms. The lowest BCUT2D eigenvalue weighted by Crippen LogP contribution is -2.16. The van der Waals surface area contributed by atoms with E-state index in [4.69, 9.17) is 10.2 Å². The molecule has 0 aliphatic carbocycles. The van der Waals surface area contributed by atoms with E-state index in [1.807, 2.05) is 31.4 Å². The van der Waals surface area contributed by atoms with Crippen LogP contribution in [0.2, 0.25) is 0 Å². The zero-order chi connectivity index (χ0) is 10.8. The summed E-state index contributed by atoms with van der Waals surface area (Å²) in [6, 6.07) is 3.71. The maximum atomic E-state index is 5.91. The minimum absolute atomic E-state index is 0.189. The molecule has 0 aliphatic rings. The van der Waals surface area contributed by atoms with Crippen LogP contribution in [-0.2, 0) is 0 Å². The van der Waals surface area contributed by atoms with Crippen molar-refractivity contribution in [2.75, 3.05) is 0 Å². The summed E-state index contributed by atoms with van der Waals surface area (Å²) < 4.78 is 5.51. The van der Waals surface area contributed by atoms with Gasteiger partial charge in [-0.2, -0.15) is 0 Å². The highest BCUT2D eigenvalue weighted by atomic mass is 32.1. The van der Waals surface area contributed by atoms with Gasteiger partial charge in [0.1, 0.15) is 0 Å². The van der Waals surface area contributed by atoms with Gasteiger partial charge in [-0.05, 0) is 17.4 Å². The maximum Gasteiger partial charge on any atom is 0.257 e. The average molecular weight is 223 g/mol. The molecule has 1 atom stereocenters. The van der Waals surface area contributed by atoms with E-state index >= 15 is 0 Å². The fourth-order valence-corrected chi connectivity index (χ4v) is 1.80. The van der Waals surface area contributed by atoms with Gasteiger partial charge in [0, 0.05) is 0 Å².